The molecule has 0 saturated carbocycles. The first-order valence-electron chi connectivity index (χ1n) is 6.89. The van der Waals surface area contributed by atoms with Crippen LogP contribution < -0.4 is 10.1 Å². The lowest BCUT2D eigenvalue weighted by atomic mass is 10.1. The number of carbonyl (C=O) groups excluding carboxylic acids is 1. The Kier molecular flexibility index (Phi) is 7.02. The summed E-state index contributed by atoms with van der Waals surface area (Å²) in [5.41, 5.74) is 1.06. The van der Waals surface area contributed by atoms with Gasteiger partial charge in [-0.3, -0.25) is 4.79 Å². The largest absolute Gasteiger partial charge is 0.483 e. The van der Waals surface area contributed by atoms with Crippen molar-refractivity contribution in [3.63, 3.8) is 0 Å². The Labute approximate surface area is 129 Å². The number of carbonyl (C=O) groups is 1. The second kappa shape index (κ2) is 8.27. The summed E-state index contributed by atoms with van der Waals surface area (Å²) in [6.07, 6.45) is 0. The molecule has 20 heavy (non-hydrogen) atoms. The van der Waals surface area contributed by atoms with Crippen LogP contribution >= 0.6 is 15.9 Å². The van der Waals surface area contributed by atoms with E-state index in [4.69, 9.17) is 4.74 Å². The van der Waals surface area contributed by atoms with Gasteiger partial charge in [-0.25, -0.2) is 0 Å². The fourth-order valence-electron chi connectivity index (χ4n) is 1.83. The maximum absolute atomic E-state index is 11.8. The summed E-state index contributed by atoms with van der Waals surface area (Å²) in [5, 5.41) is 3.35. The van der Waals surface area contributed by atoms with E-state index in [0.29, 0.717) is 6.54 Å². The second-order valence-electron chi connectivity index (χ2n) is 4.66. The standard InChI is InChI=1S/C15H23BrN2O2/c1-5-17-11(3)13-8-7-12(16)9-14(13)20-10-15(19)18(4)6-2/h7-9,11,17H,5-6,10H2,1-4H3. The number of ether oxygens (including phenoxy) is 1. The van der Waals surface area contributed by atoms with Crippen LogP contribution in [0.5, 0.6) is 5.75 Å². The molecule has 4 nitrogen and oxygen atoms in total. The van der Waals surface area contributed by atoms with E-state index < -0.39 is 0 Å². The number of benzene rings is 1. The van der Waals surface area contributed by atoms with Crippen molar-refractivity contribution < 1.29 is 9.53 Å². The van der Waals surface area contributed by atoms with Gasteiger partial charge in [0, 0.05) is 29.7 Å². The number of likely N-dealkylation sites (N-methyl/N-ethyl adjacent to an activating group) is 1. The summed E-state index contributed by atoms with van der Waals surface area (Å²) < 4.78 is 6.65. The number of rotatable bonds is 7. The highest BCUT2D eigenvalue weighted by Crippen LogP contribution is 2.28. The number of halogens is 1. The van der Waals surface area contributed by atoms with Gasteiger partial charge in [0.2, 0.25) is 0 Å². The van der Waals surface area contributed by atoms with Crippen molar-refractivity contribution in [1.82, 2.24) is 10.2 Å². The lowest BCUT2D eigenvalue weighted by Crippen LogP contribution is -2.31. The molecule has 1 amide bonds. The van der Waals surface area contributed by atoms with Gasteiger partial charge in [-0.1, -0.05) is 28.9 Å². The van der Waals surface area contributed by atoms with Crippen molar-refractivity contribution in [1.29, 1.82) is 0 Å². The van der Waals surface area contributed by atoms with Crippen LogP contribution in [-0.4, -0.2) is 37.6 Å². The van der Waals surface area contributed by atoms with Crippen LogP contribution in [0.1, 0.15) is 32.4 Å². The van der Waals surface area contributed by atoms with Gasteiger partial charge in [0.25, 0.3) is 5.91 Å². The van der Waals surface area contributed by atoms with Gasteiger partial charge in [0.1, 0.15) is 5.75 Å². The maximum Gasteiger partial charge on any atom is 0.260 e. The normalized spacial score (nSPS) is 12.1. The quantitative estimate of drug-likeness (QED) is 0.828. The minimum Gasteiger partial charge on any atom is -0.483 e. The minimum absolute atomic E-state index is 0.0190. The Morgan fingerprint density at radius 1 is 1.45 bits per heavy atom. The Morgan fingerprint density at radius 2 is 2.15 bits per heavy atom. The van der Waals surface area contributed by atoms with Gasteiger partial charge in [-0.15, -0.1) is 0 Å². The average Bonchev–Trinajstić information content (AvgIpc) is 2.44. The van der Waals surface area contributed by atoms with Crippen LogP contribution in [-0.2, 0) is 4.79 Å². The molecule has 1 atom stereocenters. The van der Waals surface area contributed by atoms with Crippen LogP contribution in [0, 0.1) is 0 Å². The van der Waals surface area contributed by atoms with Crippen LogP contribution in [0.15, 0.2) is 22.7 Å². The zero-order chi connectivity index (χ0) is 15.1. The van der Waals surface area contributed by atoms with Crippen LogP contribution in [0.2, 0.25) is 0 Å². The van der Waals surface area contributed by atoms with E-state index in [1.54, 1.807) is 11.9 Å². The number of nitrogens with one attached hydrogen (secondary N) is 1. The van der Waals surface area contributed by atoms with Gasteiger partial charge >= 0.3 is 0 Å². The van der Waals surface area contributed by atoms with Crippen LogP contribution in [0.25, 0.3) is 0 Å². The number of amides is 1. The molecule has 1 aromatic rings. The zero-order valence-electron chi connectivity index (χ0n) is 12.6. The number of hydrogen-bond donors (Lipinski definition) is 1. The van der Waals surface area contributed by atoms with E-state index in [1.807, 2.05) is 25.1 Å². The molecule has 0 aliphatic carbocycles. The molecular formula is C15H23BrN2O2. The Balaban J connectivity index is 2.82. The molecule has 0 aliphatic heterocycles. The lowest BCUT2D eigenvalue weighted by molar-refractivity contribution is -0.131. The highest BCUT2D eigenvalue weighted by atomic mass is 79.9. The van der Waals surface area contributed by atoms with Crippen LogP contribution in [0.4, 0.5) is 0 Å². The molecule has 1 aromatic carbocycles. The first-order chi connectivity index (χ1) is 9.49. The van der Waals surface area contributed by atoms with Crippen LogP contribution in [0.3, 0.4) is 0 Å². The molecular weight excluding hydrogens is 320 g/mol. The van der Waals surface area contributed by atoms with Gasteiger partial charge in [-0.2, -0.15) is 0 Å². The third-order valence-electron chi connectivity index (χ3n) is 3.20. The Morgan fingerprint density at radius 3 is 2.75 bits per heavy atom. The fraction of sp³-hybridized carbons (Fsp3) is 0.533. The molecule has 0 aromatic heterocycles. The summed E-state index contributed by atoms with van der Waals surface area (Å²) in [4.78, 5) is 13.5. The van der Waals surface area contributed by atoms with Crippen molar-refractivity contribution in [3.8, 4) is 5.75 Å². The van der Waals surface area contributed by atoms with E-state index in [1.165, 1.54) is 0 Å². The van der Waals surface area contributed by atoms with Crippen molar-refractivity contribution in [2.45, 2.75) is 26.8 Å². The lowest BCUT2D eigenvalue weighted by Gasteiger charge is -2.19. The van der Waals surface area contributed by atoms with Gasteiger partial charge in [-0.05, 0) is 32.5 Å². The monoisotopic (exact) mass is 342 g/mol. The van der Waals surface area contributed by atoms with Crippen molar-refractivity contribution in [3.05, 3.63) is 28.2 Å². The molecule has 0 bridgehead atoms. The summed E-state index contributed by atoms with van der Waals surface area (Å²) >= 11 is 3.44. The molecule has 0 heterocycles. The molecule has 0 radical (unpaired) electrons. The predicted octanol–water partition coefficient (Wildman–Crippen LogP) is 2.98. The second-order valence-corrected chi connectivity index (χ2v) is 5.57. The number of hydrogen-bond acceptors (Lipinski definition) is 3. The van der Waals surface area contributed by atoms with Gasteiger partial charge < -0.3 is 15.0 Å². The molecule has 1 unspecified atom stereocenters. The van der Waals surface area contributed by atoms with Crippen molar-refractivity contribution in [2.75, 3.05) is 26.7 Å². The van der Waals surface area contributed by atoms with Crippen molar-refractivity contribution >= 4 is 21.8 Å². The van der Waals surface area contributed by atoms with Gasteiger partial charge in [0.15, 0.2) is 6.61 Å². The minimum atomic E-state index is -0.0190. The smallest absolute Gasteiger partial charge is 0.260 e. The maximum atomic E-state index is 11.8. The predicted molar refractivity (Wildman–Crippen MR) is 85.0 cm³/mol. The molecule has 112 valence electrons. The SMILES string of the molecule is CCNC(C)c1ccc(Br)cc1OCC(=O)N(C)CC. The molecule has 0 spiro atoms. The Bertz CT molecular complexity index is 451. The zero-order valence-corrected chi connectivity index (χ0v) is 14.2. The first kappa shape index (κ1) is 17.0. The third kappa shape index (κ3) is 4.80. The third-order valence-corrected chi connectivity index (χ3v) is 3.70. The summed E-state index contributed by atoms with van der Waals surface area (Å²) in [5.74, 6) is 0.722. The molecule has 1 N–H and O–H groups in total. The summed E-state index contributed by atoms with van der Waals surface area (Å²) in [6.45, 7) is 7.72. The summed E-state index contributed by atoms with van der Waals surface area (Å²) in [6, 6.07) is 6.08. The fourth-order valence-corrected chi connectivity index (χ4v) is 2.17. The van der Waals surface area contributed by atoms with E-state index in [-0.39, 0.29) is 18.6 Å². The highest BCUT2D eigenvalue weighted by Gasteiger charge is 2.14. The molecule has 0 saturated heterocycles. The van der Waals surface area contributed by atoms with E-state index in [2.05, 4.69) is 35.1 Å². The topological polar surface area (TPSA) is 41.6 Å². The van der Waals surface area contributed by atoms with E-state index >= 15 is 0 Å². The van der Waals surface area contributed by atoms with E-state index in [9.17, 15) is 4.79 Å². The van der Waals surface area contributed by atoms with E-state index in [0.717, 1.165) is 22.3 Å². The summed E-state index contributed by atoms with van der Waals surface area (Å²) in [7, 11) is 1.77. The highest BCUT2D eigenvalue weighted by molar-refractivity contribution is 9.10. The average molecular weight is 343 g/mol. The van der Waals surface area contributed by atoms with Gasteiger partial charge in [0.05, 0.1) is 0 Å². The molecule has 0 fully saturated rings. The molecule has 0 aliphatic rings. The molecule has 1 rings (SSSR count). The first-order valence-corrected chi connectivity index (χ1v) is 7.68. The van der Waals surface area contributed by atoms with Crippen molar-refractivity contribution in [2.24, 2.45) is 0 Å². The number of nitrogens with zero attached hydrogens (tertiary/aromatic N) is 1. The molecule has 5 heteroatoms. The Hall–Kier alpha value is -1.07.